The minimum absolute atomic E-state index is 0.00282. The largest absolute Gasteiger partial charge is 0.474 e. The van der Waals surface area contributed by atoms with Gasteiger partial charge in [0.1, 0.15) is 5.56 Å². The van der Waals surface area contributed by atoms with Crippen LogP contribution < -0.4 is 4.74 Å². The van der Waals surface area contributed by atoms with E-state index in [1.165, 1.54) is 5.57 Å². The number of carbonyl (C=O) groups is 1. The number of aryl methyl sites for hydroxylation is 2. The Morgan fingerprint density at radius 2 is 1.83 bits per heavy atom. The summed E-state index contributed by atoms with van der Waals surface area (Å²) in [6.07, 6.45) is 1.77. The zero-order chi connectivity index (χ0) is 21.9. The summed E-state index contributed by atoms with van der Waals surface area (Å²) in [6, 6.07) is 3.62. The van der Waals surface area contributed by atoms with Crippen molar-refractivity contribution in [2.75, 3.05) is 0 Å². The second-order valence-electron chi connectivity index (χ2n) is 7.87. The number of aromatic nitrogens is 2. The van der Waals surface area contributed by atoms with Crippen molar-refractivity contribution in [1.29, 1.82) is 0 Å². The smallest absolute Gasteiger partial charge is 0.223 e. The Bertz CT molecular complexity index is 937. The van der Waals surface area contributed by atoms with Crippen LogP contribution in [-0.2, 0) is 6.54 Å². The Hall–Kier alpha value is -2.07. The third-order valence-electron chi connectivity index (χ3n) is 5.41. The average Bonchev–Trinajstić information content (AvgIpc) is 2.96. The number of carbonyl (C=O) groups excluding carboxylic acids is 1. The Balaban J connectivity index is 2.67. The van der Waals surface area contributed by atoms with Crippen LogP contribution in [0, 0.1) is 13.8 Å². The molecule has 0 aliphatic carbocycles. The molecule has 1 aromatic carbocycles. The van der Waals surface area contributed by atoms with E-state index in [0.717, 1.165) is 29.5 Å². The maximum atomic E-state index is 13.7. The first-order chi connectivity index (χ1) is 13.6. The lowest BCUT2D eigenvalue weighted by Crippen LogP contribution is -2.16. The lowest BCUT2D eigenvalue weighted by Gasteiger charge is -2.17. The molecule has 0 aliphatic heterocycles. The monoisotopic (exact) mass is 416 g/mol. The molecule has 0 aliphatic rings. The molecule has 1 atom stereocenters. The van der Waals surface area contributed by atoms with Crippen molar-refractivity contribution < 1.29 is 9.53 Å². The van der Waals surface area contributed by atoms with E-state index in [1.54, 1.807) is 0 Å². The van der Waals surface area contributed by atoms with Crippen LogP contribution in [0.2, 0.25) is 5.02 Å². The molecule has 5 heteroatoms. The molecule has 4 nitrogen and oxygen atoms in total. The molecule has 0 N–H and O–H groups in total. The summed E-state index contributed by atoms with van der Waals surface area (Å²) >= 11 is 6.50. The minimum atomic E-state index is -0.0693. The fraction of sp³-hybridized carbons (Fsp3) is 0.500. The lowest BCUT2D eigenvalue weighted by molar-refractivity contribution is 0.102. The van der Waals surface area contributed by atoms with E-state index in [1.807, 2.05) is 44.5 Å². The second-order valence-corrected chi connectivity index (χ2v) is 8.28. The number of allylic oxidation sites excluding steroid dienone is 2. The van der Waals surface area contributed by atoms with Gasteiger partial charge in [0.2, 0.25) is 11.7 Å². The molecule has 1 aromatic heterocycles. The van der Waals surface area contributed by atoms with Crippen molar-refractivity contribution in [3.05, 3.63) is 50.7 Å². The molecule has 29 heavy (non-hydrogen) atoms. The highest BCUT2D eigenvalue weighted by molar-refractivity contribution is 6.32. The number of rotatable bonds is 8. The van der Waals surface area contributed by atoms with Crippen LogP contribution in [0.5, 0.6) is 5.88 Å². The molecule has 0 saturated carbocycles. The Morgan fingerprint density at radius 1 is 1.17 bits per heavy atom. The van der Waals surface area contributed by atoms with Crippen LogP contribution in [0.1, 0.15) is 87.1 Å². The van der Waals surface area contributed by atoms with E-state index < -0.39 is 0 Å². The number of ketones is 1. The van der Waals surface area contributed by atoms with Gasteiger partial charge in [-0.25, -0.2) is 4.68 Å². The molecule has 0 bridgehead atoms. The van der Waals surface area contributed by atoms with Gasteiger partial charge in [0.05, 0.1) is 11.8 Å². The van der Waals surface area contributed by atoms with Crippen LogP contribution in [0.15, 0.2) is 17.7 Å². The lowest BCUT2D eigenvalue weighted by atomic mass is 9.91. The summed E-state index contributed by atoms with van der Waals surface area (Å²) in [5, 5.41) is 5.26. The first-order valence-corrected chi connectivity index (χ1v) is 10.7. The van der Waals surface area contributed by atoms with Crippen molar-refractivity contribution in [2.45, 2.75) is 80.9 Å². The molecule has 0 spiro atoms. The van der Waals surface area contributed by atoms with Crippen LogP contribution >= 0.6 is 11.6 Å². The molecular weight excluding hydrogens is 384 g/mol. The zero-order valence-corrected chi connectivity index (χ0v) is 19.7. The van der Waals surface area contributed by atoms with Crippen LogP contribution in [-0.4, -0.2) is 21.7 Å². The van der Waals surface area contributed by atoms with Crippen LogP contribution in [0.3, 0.4) is 0 Å². The first kappa shape index (κ1) is 23.2. The summed E-state index contributed by atoms with van der Waals surface area (Å²) in [5.41, 5.74) is 5.96. The molecule has 0 radical (unpaired) electrons. The van der Waals surface area contributed by atoms with E-state index in [9.17, 15) is 4.79 Å². The number of halogens is 1. The quantitative estimate of drug-likeness (QED) is 0.445. The summed E-state index contributed by atoms with van der Waals surface area (Å²) in [6.45, 7) is 16.9. The minimum Gasteiger partial charge on any atom is -0.474 e. The van der Waals surface area contributed by atoms with Gasteiger partial charge in [-0.05, 0) is 83.2 Å². The fourth-order valence-electron chi connectivity index (χ4n) is 3.35. The van der Waals surface area contributed by atoms with E-state index in [0.29, 0.717) is 34.3 Å². The Kier molecular flexibility index (Phi) is 7.70. The van der Waals surface area contributed by atoms with Gasteiger partial charge in [0, 0.05) is 17.1 Å². The van der Waals surface area contributed by atoms with E-state index >= 15 is 0 Å². The SMILES string of the molecule is CCCn1nc(C)c(C(=O)c2ccc(Cl)c(C(C)=C(C)C)c2C)c1OC(C)CC. The average molecular weight is 417 g/mol. The van der Waals surface area contributed by atoms with E-state index in [4.69, 9.17) is 16.3 Å². The molecule has 158 valence electrons. The highest BCUT2D eigenvalue weighted by Gasteiger charge is 2.27. The van der Waals surface area contributed by atoms with Gasteiger partial charge in [0.15, 0.2) is 0 Å². The molecule has 2 aromatic rings. The topological polar surface area (TPSA) is 44.1 Å². The van der Waals surface area contributed by atoms with Gasteiger partial charge in [-0.15, -0.1) is 0 Å². The number of benzene rings is 1. The van der Waals surface area contributed by atoms with Crippen molar-refractivity contribution in [3.63, 3.8) is 0 Å². The molecule has 0 saturated heterocycles. The number of ether oxygens (including phenoxy) is 1. The highest BCUT2D eigenvalue weighted by Crippen LogP contribution is 2.34. The molecule has 2 rings (SSSR count). The maximum absolute atomic E-state index is 13.7. The van der Waals surface area contributed by atoms with E-state index in [-0.39, 0.29) is 11.9 Å². The van der Waals surface area contributed by atoms with Crippen molar-refractivity contribution in [1.82, 2.24) is 9.78 Å². The van der Waals surface area contributed by atoms with Gasteiger partial charge in [0.25, 0.3) is 0 Å². The highest BCUT2D eigenvalue weighted by atomic mass is 35.5. The maximum Gasteiger partial charge on any atom is 0.223 e. The van der Waals surface area contributed by atoms with Gasteiger partial charge >= 0.3 is 0 Å². The van der Waals surface area contributed by atoms with Crippen molar-refractivity contribution >= 4 is 23.0 Å². The molecule has 0 fully saturated rings. The zero-order valence-electron chi connectivity index (χ0n) is 18.9. The van der Waals surface area contributed by atoms with Crippen molar-refractivity contribution in [3.8, 4) is 5.88 Å². The van der Waals surface area contributed by atoms with Crippen molar-refractivity contribution in [2.24, 2.45) is 0 Å². The number of nitrogens with zero attached hydrogens (tertiary/aromatic N) is 2. The number of hydrogen-bond donors (Lipinski definition) is 0. The van der Waals surface area contributed by atoms with Gasteiger partial charge in [-0.3, -0.25) is 4.79 Å². The summed E-state index contributed by atoms with van der Waals surface area (Å²) < 4.78 is 7.99. The summed E-state index contributed by atoms with van der Waals surface area (Å²) in [5.74, 6) is 0.499. The van der Waals surface area contributed by atoms with Gasteiger partial charge < -0.3 is 4.74 Å². The fourth-order valence-corrected chi connectivity index (χ4v) is 3.69. The Morgan fingerprint density at radius 3 is 2.38 bits per heavy atom. The first-order valence-electron chi connectivity index (χ1n) is 10.4. The third-order valence-corrected chi connectivity index (χ3v) is 5.73. The molecule has 0 amide bonds. The standard InChI is InChI=1S/C24H33ClN2O2/c1-9-13-27-24(29-15(5)10-2)22(18(8)26-27)23(28)19-11-12-20(25)21(17(19)7)16(6)14(3)4/h11-12,15H,9-10,13H2,1-8H3. The number of hydrogen-bond acceptors (Lipinski definition) is 3. The normalized spacial score (nSPS) is 12.0. The van der Waals surface area contributed by atoms with E-state index in [2.05, 4.69) is 32.8 Å². The molecular formula is C24H33ClN2O2. The second kappa shape index (κ2) is 9.62. The van der Waals surface area contributed by atoms with Gasteiger partial charge in [-0.1, -0.05) is 31.0 Å². The van der Waals surface area contributed by atoms with Crippen LogP contribution in [0.25, 0.3) is 5.57 Å². The van der Waals surface area contributed by atoms with Gasteiger partial charge in [-0.2, -0.15) is 5.10 Å². The molecule has 1 heterocycles. The molecule has 1 unspecified atom stereocenters. The summed E-state index contributed by atoms with van der Waals surface area (Å²) in [4.78, 5) is 13.7. The third kappa shape index (κ3) is 4.75. The Labute approximate surface area is 179 Å². The predicted molar refractivity (Wildman–Crippen MR) is 121 cm³/mol. The predicted octanol–water partition coefficient (Wildman–Crippen LogP) is 6.78. The summed E-state index contributed by atoms with van der Waals surface area (Å²) in [7, 11) is 0. The van der Waals surface area contributed by atoms with Crippen LogP contribution in [0.4, 0.5) is 0 Å².